The van der Waals surface area contributed by atoms with Crippen LogP contribution >= 0.6 is 11.8 Å². The first-order valence-electron chi connectivity index (χ1n) is 9.01. The number of pyridine rings is 1. The van der Waals surface area contributed by atoms with Crippen molar-refractivity contribution in [2.75, 3.05) is 22.9 Å². The third kappa shape index (κ3) is 6.23. The predicted octanol–water partition coefficient (Wildman–Crippen LogP) is 3.76. The molecule has 0 unspecified atom stereocenters. The minimum Gasteiger partial charge on any atom is -0.497 e. The molecule has 156 valence electrons. The van der Waals surface area contributed by atoms with Gasteiger partial charge in [-0.3, -0.25) is 9.52 Å². The van der Waals surface area contributed by atoms with Crippen molar-refractivity contribution in [2.24, 2.45) is 0 Å². The molecule has 0 aliphatic heterocycles. The van der Waals surface area contributed by atoms with Crippen molar-refractivity contribution in [3.8, 4) is 5.75 Å². The third-order valence-electron chi connectivity index (χ3n) is 4.01. The summed E-state index contributed by atoms with van der Waals surface area (Å²) in [7, 11) is -2.13. The fourth-order valence-electron chi connectivity index (χ4n) is 2.52. The van der Waals surface area contributed by atoms with Crippen LogP contribution in [-0.2, 0) is 20.6 Å². The molecule has 1 aromatic heterocycles. The van der Waals surface area contributed by atoms with Gasteiger partial charge in [0, 0.05) is 17.6 Å². The summed E-state index contributed by atoms with van der Waals surface area (Å²) in [6.07, 6.45) is 1.50. The largest absolute Gasteiger partial charge is 0.497 e. The van der Waals surface area contributed by atoms with E-state index in [1.54, 1.807) is 37.4 Å². The van der Waals surface area contributed by atoms with E-state index in [9.17, 15) is 13.2 Å². The predicted molar refractivity (Wildman–Crippen MR) is 119 cm³/mol. The molecule has 0 saturated heterocycles. The Bertz CT molecular complexity index is 1070. The number of carbonyl (C=O) groups is 1. The molecule has 0 spiro atoms. The molecule has 30 heavy (non-hydrogen) atoms. The van der Waals surface area contributed by atoms with E-state index in [2.05, 4.69) is 15.0 Å². The molecule has 1 amide bonds. The van der Waals surface area contributed by atoms with Crippen molar-refractivity contribution < 1.29 is 17.9 Å². The quantitative estimate of drug-likeness (QED) is 0.523. The number of hydrogen-bond donors (Lipinski definition) is 2. The van der Waals surface area contributed by atoms with Crippen LogP contribution in [0.3, 0.4) is 0 Å². The summed E-state index contributed by atoms with van der Waals surface area (Å²) < 4.78 is 32.3. The second-order valence-corrected chi connectivity index (χ2v) is 8.90. The fraction of sp³-hybridized carbons (Fsp3) is 0.143. The van der Waals surface area contributed by atoms with Crippen molar-refractivity contribution in [3.05, 3.63) is 78.5 Å². The number of carbonyl (C=O) groups excluding carboxylic acids is 1. The molecule has 3 rings (SSSR count). The molecule has 3 aromatic rings. The number of rotatable bonds is 9. The highest BCUT2D eigenvalue weighted by Crippen LogP contribution is 2.19. The van der Waals surface area contributed by atoms with Crippen LogP contribution in [0.5, 0.6) is 5.75 Å². The van der Waals surface area contributed by atoms with Gasteiger partial charge >= 0.3 is 0 Å². The van der Waals surface area contributed by atoms with Crippen LogP contribution in [0.25, 0.3) is 0 Å². The van der Waals surface area contributed by atoms with Gasteiger partial charge in [-0.15, -0.1) is 11.8 Å². The van der Waals surface area contributed by atoms with Gasteiger partial charge in [0.2, 0.25) is 5.91 Å². The molecule has 9 heteroatoms. The summed E-state index contributed by atoms with van der Waals surface area (Å²) in [6.45, 7) is 0. The Balaban J connectivity index is 1.50. The van der Waals surface area contributed by atoms with E-state index in [4.69, 9.17) is 4.74 Å². The topological polar surface area (TPSA) is 97.4 Å². The SMILES string of the molecule is COc1ccc(CSCC(=O)Nc2ccc(S(=O)(=O)Nc3ccccn3)cc2)cc1. The number of aromatic nitrogens is 1. The van der Waals surface area contributed by atoms with Crippen LogP contribution in [0.4, 0.5) is 11.5 Å². The van der Waals surface area contributed by atoms with Gasteiger partial charge in [-0.25, -0.2) is 13.4 Å². The number of ether oxygens (including phenoxy) is 1. The molecule has 7 nitrogen and oxygen atoms in total. The summed E-state index contributed by atoms with van der Waals surface area (Å²) >= 11 is 1.49. The van der Waals surface area contributed by atoms with Gasteiger partial charge in [-0.2, -0.15) is 0 Å². The Morgan fingerprint density at radius 2 is 1.77 bits per heavy atom. The van der Waals surface area contributed by atoms with Gasteiger partial charge in [0.1, 0.15) is 11.6 Å². The number of anilines is 2. The molecule has 0 atom stereocenters. The number of methoxy groups -OCH3 is 1. The zero-order chi connectivity index (χ0) is 21.4. The Morgan fingerprint density at radius 1 is 1.03 bits per heavy atom. The molecule has 0 aliphatic rings. The average Bonchev–Trinajstić information content (AvgIpc) is 2.75. The van der Waals surface area contributed by atoms with Gasteiger partial charge in [-0.05, 0) is 54.1 Å². The van der Waals surface area contributed by atoms with E-state index in [-0.39, 0.29) is 22.4 Å². The summed E-state index contributed by atoms with van der Waals surface area (Å²) in [5.74, 6) is 1.86. The Morgan fingerprint density at radius 3 is 2.40 bits per heavy atom. The second-order valence-electron chi connectivity index (χ2n) is 6.23. The second kappa shape index (κ2) is 10.1. The number of sulfonamides is 1. The molecule has 0 bridgehead atoms. The molecule has 2 aromatic carbocycles. The maximum absolute atomic E-state index is 12.4. The standard InChI is InChI=1S/C21H21N3O4S2/c1-28-18-9-5-16(6-10-18)14-29-15-21(25)23-17-7-11-19(12-8-17)30(26,27)24-20-4-2-3-13-22-20/h2-13H,14-15H2,1H3,(H,22,24)(H,23,25). The molecule has 0 aliphatic carbocycles. The van der Waals surface area contributed by atoms with E-state index in [0.717, 1.165) is 11.3 Å². The van der Waals surface area contributed by atoms with Crippen molar-refractivity contribution in [1.82, 2.24) is 4.98 Å². The summed E-state index contributed by atoms with van der Waals surface area (Å²) in [5, 5.41) is 2.77. The van der Waals surface area contributed by atoms with E-state index in [1.807, 2.05) is 24.3 Å². The van der Waals surface area contributed by atoms with Gasteiger partial charge in [-0.1, -0.05) is 18.2 Å². The fourth-order valence-corrected chi connectivity index (χ4v) is 4.31. The van der Waals surface area contributed by atoms with Crippen LogP contribution in [0.15, 0.2) is 77.8 Å². The van der Waals surface area contributed by atoms with E-state index < -0.39 is 10.0 Å². The summed E-state index contributed by atoms with van der Waals surface area (Å²) in [6, 6.07) is 18.6. The lowest BCUT2D eigenvalue weighted by molar-refractivity contribution is -0.113. The van der Waals surface area contributed by atoms with Gasteiger partial charge in [0.15, 0.2) is 0 Å². The van der Waals surface area contributed by atoms with Gasteiger partial charge < -0.3 is 10.1 Å². The molecule has 2 N–H and O–H groups in total. The molecular formula is C21H21N3O4S2. The highest BCUT2D eigenvalue weighted by atomic mass is 32.2. The Kier molecular flexibility index (Phi) is 7.31. The normalized spacial score (nSPS) is 11.0. The molecule has 1 heterocycles. The number of nitrogens with zero attached hydrogens (tertiary/aromatic N) is 1. The Hall–Kier alpha value is -3.04. The van der Waals surface area contributed by atoms with E-state index in [0.29, 0.717) is 11.4 Å². The maximum Gasteiger partial charge on any atom is 0.263 e. The monoisotopic (exact) mass is 443 g/mol. The first-order valence-corrected chi connectivity index (χ1v) is 11.6. The van der Waals surface area contributed by atoms with Crippen LogP contribution in [-0.4, -0.2) is 32.2 Å². The van der Waals surface area contributed by atoms with E-state index >= 15 is 0 Å². The number of nitrogens with one attached hydrogen (secondary N) is 2. The van der Waals surface area contributed by atoms with Crippen molar-refractivity contribution in [2.45, 2.75) is 10.6 Å². The zero-order valence-electron chi connectivity index (χ0n) is 16.2. The van der Waals surface area contributed by atoms with Crippen LogP contribution in [0.1, 0.15) is 5.56 Å². The first-order chi connectivity index (χ1) is 14.5. The van der Waals surface area contributed by atoms with Crippen LogP contribution in [0, 0.1) is 0 Å². The number of thioether (sulfide) groups is 1. The maximum atomic E-state index is 12.4. The van der Waals surface area contributed by atoms with Crippen molar-refractivity contribution in [1.29, 1.82) is 0 Å². The first kappa shape index (κ1) is 21.7. The minimum absolute atomic E-state index is 0.0834. The smallest absolute Gasteiger partial charge is 0.263 e. The lowest BCUT2D eigenvalue weighted by atomic mass is 10.2. The highest BCUT2D eigenvalue weighted by Gasteiger charge is 2.14. The molecular weight excluding hydrogens is 422 g/mol. The van der Waals surface area contributed by atoms with Gasteiger partial charge in [0.25, 0.3) is 10.0 Å². The Labute approximate surface area is 179 Å². The average molecular weight is 444 g/mol. The van der Waals surface area contributed by atoms with Crippen molar-refractivity contribution >= 4 is 39.2 Å². The minimum atomic E-state index is -3.75. The summed E-state index contributed by atoms with van der Waals surface area (Å²) in [4.78, 5) is 16.2. The molecule has 0 fully saturated rings. The molecule has 0 radical (unpaired) electrons. The number of amides is 1. The molecule has 0 saturated carbocycles. The zero-order valence-corrected chi connectivity index (χ0v) is 17.9. The number of benzene rings is 2. The number of hydrogen-bond acceptors (Lipinski definition) is 6. The van der Waals surface area contributed by atoms with Crippen LogP contribution < -0.4 is 14.8 Å². The van der Waals surface area contributed by atoms with E-state index in [1.165, 1.54) is 30.1 Å². The highest BCUT2D eigenvalue weighted by molar-refractivity contribution is 7.99. The van der Waals surface area contributed by atoms with Gasteiger partial charge in [0.05, 0.1) is 17.8 Å². The lowest BCUT2D eigenvalue weighted by Gasteiger charge is -2.09. The third-order valence-corrected chi connectivity index (χ3v) is 6.39. The lowest BCUT2D eigenvalue weighted by Crippen LogP contribution is -2.15. The van der Waals surface area contributed by atoms with Crippen LogP contribution in [0.2, 0.25) is 0 Å². The summed E-state index contributed by atoms with van der Waals surface area (Å²) in [5.41, 5.74) is 1.63. The van der Waals surface area contributed by atoms with Crippen molar-refractivity contribution in [3.63, 3.8) is 0 Å².